The van der Waals surface area contributed by atoms with Crippen LogP contribution >= 0.6 is 11.6 Å². The minimum atomic E-state index is -0.0823. The van der Waals surface area contributed by atoms with Crippen LogP contribution in [0.2, 0.25) is 0 Å². The van der Waals surface area contributed by atoms with Gasteiger partial charge in [0.25, 0.3) is 0 Å². The van der Waals surface area contributed by atoms with E-state index < -0.39 is 0 Å². The normalized spacial score (nSPS) is 15.1. The third-order valence-corrected chi connectivity index (χ3v) is 3.87. The monoisotopic (exact) mass is 282 g/mol. The topological polar surface area (TPSA) is 35.6 Å². The zero-order chi connectivity index (χ0) is 14.2. The maximum atomic E-state index is 6.30. The number of halogens is 1. The second kappa shape index (κ2) is 5.53. The van der Waals surface area contributed by atoms with Gasteiger partial charge in [0, 0.05) is 13.1 Å². The van der Waals surface area contributed by atoms with Gasteiger partial charge in [-0.25, -0.2) is 9.67 Å². The van der Waals surface area contributed by atoms with Crippen molar-refractivity contribution in [1.82, 2.24) is 19.3 Å². The number of aromatic nitrogens is 4. The molecule has 0 aliphatic carbocycles. The lowest BCUT2D eigenvalue weighted by atomic mass is 10.1. The Morgan fingerprint density at radius 1 is 1.26 bits per heavy atom. The number of alkyl halides is 1. The molecule has 2 aromatic rings. The summed E-state index contributed by atoms with van der Waals surface area (Å²) in [7, 11) is 0. The van der Waals surface area contributed by atoms with Crippen LogP contribution in [0.25, 0.3) is 11.2 Å². The van der Waals surface area contributed by atoms with E-state index in [0.717, 1.165) is 42.2 Å². The fourth-order valence-corrected chi connectivity index (χ4v) is 2.55. The van der Waals surface area contributed by atoms with Crippen molar-refractivity contribution in [3.8, 4) is 0 Å². The Hall–Kier alpha value is -1.03. The summed E-state index contributed by atoms with van der Waals surface area (Å²) in [6.45, 7) is 12.4. The van der Waals surface area contributed by atoms with Crippen molar-refractivity contribution in [2.45, 2.75) is 59.5 Å². The Morgan fingerprint density at radius 2 is 1.95 bits per heavy atom. The summed E-state index contributed by atoms with van der Waals surface area (Å²) in [5.74, 6) is 1.56. The number of rotatable bonds is 5. The molecule has 0 spiro atoms. The van der Waals surface area contributed by atoms with Gasteiger partial charge in [0.1, 0.15) is 11.3 Å². The molecule has 0 saturated heterocycles. The van der Waals surface area contributed by atoms with Gasteiger partial charge in [0.2, 0.25) is 0 Å². The highest BCUT2D eigenvalue weighted by Gasteiger charge is 2.21. The number of imidazole rings is 1. The molecular weight excluding hydrogens is 260 g/mol. The summed E-state index contributed by atoms with van der Waals surface area (Å²) in [6, 6.07) is 0. The van der Waals surface area contributed by atoms with Crippen LogP contribution in [0.3, 0.4) is 0 Å². The first-order valence-corrected chi connectivity index (χ1v) is 7.50. The van der Waals surface area contributed by atoms with E-state index >= 15 is 0 Å². The molecular formula is C14H23ClN4. The first kappa shape index (κ1) is 14.4. The summed E-state index contributed by atoms with van der Waals surface area (Å²) in [5.41, 5.74) is 3.09. The van der Waals surface area contributed by atoms with Crippen molar-refractivity contribution in [2.24, 2.45) is 5.92 Å². The molecule has 0 aliphatic rings. The van der Waals surface area contributed by atoms with Crippen LogP contribution in [0.4, 0.5) is 0 Å². The molecule has 0 aromatic carbocycles. The van der Waals surface area contributed by atoms with Gasteiger partial charge in [0.05, 0.1) is 11.1 Å². The van der Waals surface area contributed by atoms with Crippen LogP contribution in [0.15, 0.2) is 0 Å². The van der Waals surface area contributed by atoms with Crippen LogP contribution in [-0.4, -0.2) is 19.3 Å². The van der Waals surface area contributed by atoms with Gasteiger partial charge in [-0.15, -0.1) is 11.6 Å². The lowest BCUT2D eigenvalue weighted by Crippen LogP contribution is -2.13. The fourth-order valence-electron chi connectivity index (χ4n) is 2.39. The Bertz CT molecular complexity index is 568. The molecule has 19 heavy (non-hydrogen) atoms. The van der Waals surface area contributed by atoms with Gasteiger partial charge in [-0.05, 0) is 26.7 Å². The van der Waals surface area contributed by atoms with Crippen LogP contribution < -0.4 is 0 Å². The van der Waals surface area contributed by atoms with E-state index in [2.05, 4.69) is 30.4 Å². The Balaban J connectivity index is 2.63. The predicted octanol–water partition coefficient (Wildman–Crippen LogP) is 3.91. The first-order chi connectivity index (χ1) is 8.99. The molecule has 2 heterocycles. The molecule has 0 aliphatic heterocycles. The van der Waals surface area contributed by atoms with Crippen molar-refractivity contribution in [2.75, 3.05) is 0 Å². The highest BCUT2D eigenvalue weighted by Crippen LogP contribution is 2.27. The van der Waals surface area contributed by atoms with E-state index in [9.17, 15) is 0 Å². The zero-order valence-corrected chi connectivity index (χ0v) is 13.2. The van der Waals surface area contributed by atoms with Crippen molar-refractivity contribution in [1.29, 1.82) is 0 Å². The summed E-state index contributed by atoms with van der Waals surface area (Å²) >= 11 is 6.30. The fraction of sp³-hybridized carbons (Fsp3) is 0.714. The van der Waals surface area contributed by atoms with Gasteiger partial charge in [0.15, 0.2) is 5.65 Å². The van der Waals surface area contributed by atoms with Crippen molar-refractivity contribution >= 4 is 22.8 Å². The number of hydrogen-bond donors (Lipinski definition) is 0. The molecule has 0 bridgehead atoms. The van der Waals surface area contributed by atoms with E-state index in [0.29, 0.717) is 5.92 Å². The van der Waals surface area contributed by atoms with Gasteiger partial charge >= 0.3 is 0 Å². The van der Waals surface area contributed by atoms with Crippen LogP contribution in [-0.2, 0) is 13.1 Å². The number of fused-ring (bicyclic) bond motifs is 1. The minimum Gasteiger partial charge on any atom is -0.311 e. The summed E-state index contributed by atoms with van der Waals surface area (Å²) in [4.78, 5) is 4.72. The maximum absolute atomic E-state index is 6.30. The van der Waals surface area contributed by atoms with Gasteiger partial charge in [-0.1, -0.05) is 20.3 Å². The highest BCUT2D eigenvalue weighted by molar-refractivity contribution is 6.20. The third kappa shape index (κ3) is 2.50. The van der Waals surface area contributed by atoms with Gasteiger partial charge < -0.3 is 4.57 Å². The Morgan fingerprint density at radius 3 is 2.47 bits per heavy atom. The molecule has 0 radical (unpaired) electrons. The molecule has 0 amide bonds. The minimum absolute atomic E-state index is 0.0823. The molecule has 4 nitrogen and oxygen atoms in total. The van der Waals surface area contributed by atoms with Gasteiger partial charge in [-0.2, -0.15) is 5.10 Å². The summed E-state index contributed by atoms with van der Waals surface area (Å²) in [5, 5.41) is 4.47. The van der Waals surface area contributed by atoms with Crippen molar-refractivity contribution in [3.63, 3.8) is 0 Å². The second-order valence-electron chi connectivity index (χ2n) is 5.28. The molecule has 0 N–H and O–H groups in total. The summed E-state index contributed by atoms with van der Waals surface area (Å²) < 4.78 is 4.29. The molecule has 2 aromatic heterocycles. The Labute approximate surface area is 119 Å². The van der Waals surface area contributed by atoms with E-state index in [-0.39, 0.29) is 5.38 Å². The molecule has 2 atom stereocenters. The molecule has 5 heteroatoms. The van der Waals surface area contributed by atoms with E-state index in [4.69, 9.17) is 16.6 Å². The standard InChI is InChI=1S/C14H23ClN4/c1-6-9(3)8-18-13(10(4)15)16-12-11(5)17-19(7-2)14(12)18/h9-10H,6-8H2,1-5H3. The third-order valence-electron chi connectivity index (χ3n) is 3.67. The number of aryl methyl sites for hydroxylation is 2. The quantitative estimate of drug-likeness (QED) is 0.780. The SMILES string of the molecule is CCC(C)Cn1c(C(C)Cl)nc2c(C)nn(CC)c21. The lowest BCUT2D eigenvalue weighted by Gasteiger charge is -2.15. The van der Waals surface area contributed by atoms with Crippen LogP contribution in [0.1, 0.15) is 51.0 Å². The van der Waals surface area contributed by atoms with Crippen molar-refractivity contribution in [3.05, 3.63) is 11.5 Å². The number of hydrogen-bond acceptors (Lipinski definition) is 2. The summed E-state index contributed by atoms with van der Waals surface area (Å²) in [6.07, 6.45) is 1.15. The molecule has 2 rings (SSSR count). The largest absolute Gasteiger partial charge is 0.311 e. The predicted molar refractivity (Wildman–Crippen MR) is 79.7 cm³/mol. The highest BCUT2D eigenvalue weighted by atomic mass is 35.5. The van der Waals surface area contributed by atoms with Crippen LogP contribution in [0, 0.1) is 12.8 Å². The molecule has 0 saturated carbocycles. The number of nitrogens with zero attached hydrogens (tertiary/aromatic N) is 4. The zero-order valence-electron chi connectivity index (χ0n) is 12.4. The smallest absolute Gasteiger partial charge is 0.158 e. The lowest BCUT2D eigenvalue weighted by molar-refractivity contribution is 0.457. The second-order valence-corrected chi connectivity index (χ2v) is 5.94. The van der Waals surface area contributed by atoms with E-state index in [1.165, 1.54) is 0 Å². The molecule has 0 fully saturated rings. The molecule has 106 valence electrons. The van der Waals surface area contributed by atoms with E-state index in [1.54, 1.807) is 0 Å². The van der Waals surface area contributed by atoms with Gasteiger partial charge in [-0.3, -0.25) is 0 Å². The first-order valence-electron chi connectivity index (χ1n) is 7.07. The average molecular weight is 283 g/mol. The average Bonchev–Trinajstić information content (AvgIpc) is 2.88. The maximum Gasteiger partial charge on any atom is 0.158 e. The molecule has 2 unspecified atom stereocenters. The van der Waals surface area contributed by atoms with Crippen LogP contribution in [0.5, 0.6) is 0 Å². The van der Waals surface area contributed by atoms with Crippen molar-refractivity contribution < 1.29 is 0 Å². The Kier molecular flexibility index (Phi) is 4.19. The van der Waals surface area contributed by atoms with E-state index in [1.807, 2.05) is 18.5 Å².